The van der Waals surface area contributed by atoms with Gasteiger partial charge in [-0.05, 0) is 50.2 Å². The summed E-state index contributed by atoms with van der Waals surface area (Å²) in [5.41, 5.74) is 3.48. The van der Waals surface area contributed by atoms with E-state index in [1.54, 1.807) is 11.1 Å². The molecule has 0 N–H and O–H groups in total. The topological polar surface area (TPSA) is 9.23 Å². The number of benzene rings is 1. The third-order valence-electron chi connectivity index (χ3n) is 5.04. The first kappa shape index (κ1) is 11.3. The van der Waals surface area contributed by atoms with E-state index in [0.29, 0.717) is 11.3 Å². The van der Waals surface area contributed by atoms with Crippen LogP contribution in [0.15, 0.2) is 24.3 Å². The maximum atomic E-state index is 6.02. The van der Waals surface area contributed by atoms with Gasteiger partial charge in [-0.25, -0.2) is 0 Å². The molecule has 2 aliphatic rings. The van der Waals surface area contributed by atoms with E-state index in [-0.39, 0.29) is 5.60 Å². The van der Waals surface area contributed by atoms with Gasteiger partial charge in [0.15, 0.2) is 0 Å². The van der Waals surface area contributed by atoms with Crippen LogP contribution in [-0.4, -0.2) is 12.2 Å². The summed E-state index contributed by atoms with van der Waals surface area (Å²) in [5.74, 6) is 0.652. The van der Waals surface area contributed by atoms with Gasteiger partial charge in [-0.1, -0.05) is 31.2 Å². The van der Waals surface area contributed by atoms with Gasteiger partial charge in [-0.3, -0.25) is 0 Å². The third kappa shape index (κ3) is 1.55. The lowest BCUT2D eigenvalue weighted by Gasteiger charge is -2.53. The molecule has 0 amide bonds. The van der Waals surface area contributed by atoms with Crippen molar-refractivity contribution in [2.24, 2.45) is 5.92 Å². The number of fused-ring (bicyclic) bond motifs is 3. The van der Waals surface area contributed by atoms with Crippen LogP contribution in [0, 0.1) is 5.92 Å². The van der Waals surface area contributed by atoms with E-state index < -0.39 is 0 Å². The fourth-order valence-electron chi connectivity index (χ4n) is 4.15. The first-order chi connectivity index (χ1) is 8.04. The zero-order chi connectivity index (χ0) is 12.1. The van der Waals surface area contributed by atoms with Gasteiger partial charge in [-0.15, -0.1) is 0 Å². The molecule has 0 aromatic heterocycles. The third-order valence-corrected chi connectivity index (χ3v) is 5.04. The first-order valence-electron chi connectivity index (χ1n) is 6.76. The van der Waals surface area contributed by atoms with Gasteiger partial charge in [0.05, 0.1) is 5.60 Å². The predicted molar refractivity (Wildman–Crippen MR) is 70.3 cm³/mol. The van der Waals surface area contributed by atoms with Crippen molar-refractivity contribution in [3.63, 3.8) is 0 Å². The van der Waals surface area contributed by atoms with Crippen molar-refractivity contribution in [2.75, 3.05) is 6.61 Å². The van der Waals surface area contributed by atoms with E-state index in [1.807, 2.05) is 0 Å². The second-order valence-electron chi connectivity index (χ2n) is 6.37. The molecule has 1 aliphatic carbocycles. The van der Waals surface area contributed by atoms with Crippen LogP contribution >= 0.6 is 0 Å². The number of hydrogen-bond donors (Lipinski definition) is 0. The van der Waals surface area contributed by atoms with Crippen LogP contribution < -0.4 is 0 Å². The van der Waals surface area contributed by atoms with Crippen LogP contribution in [0.3, 0.4) is 0 Å². The molecule has 1 nitrogen and oxygen atoms in total. The van der Waals surface area contributed by atoms with E-state index in [4.69, 9.17) is 4.74 Å². The van der Waals surface area contributed by atoms with Gasteiger partial charge >= 0.3 is 0 Å². The summed E-state index contributed by atoms with van der Waals surface area (Å²) in [6.45, 7) is 7.88. The highest BCUT2D eigenvalue weighted by atomic mass is 16.5. The smallest absolute Gasteiger partial charge is 0.0663 e. The molecular weight excluding hydrogens is 208 g/mol. The number of hydrogen-bond acceptors (Lipinski definition) is 1. The quantitative estimate of drug-likeness (QED) is 0.660. The van der Waals surface area contributed by atoms with Crippen LogP contribution in [0.4, 0.5) is 0 Å². The Bertz CT molecular complexity index is 435. The number of ether oxygens (including phenoxy) is 1. The Labute approximate surface area is 104 Å². The standard InChI is InChI=1S/C16H22O/c1-15(2)14-9-8-12-6-4-5-7-13(12)16(14,3)10-11-17-15/h4-7,14H,8-11H2,1-3H3/t14-,16+/m0/s1. The Morgan fingerprint density at radius 1 is 1.18 bits per heavy atom. The maximum absolute atomic E-state index is 6.02. The molecule has 1 aliphatic heterocycles. The second kappa shape index (κ2) is 3.58. The SMILES string of the molecule is CC1(C)OCC[C@]2(C)c3ccccc3CC[C@@H]12. The summed E-state index contributed by atoms with van der Waals surface area (Å²) < 4.78 is 6.02. The average Bonchev–Trinajstić information content (AvgIpc) is 2.28. The zero-order valence-corrected chi connectivity index (χ0v) is 11.1. The van der Waals surface area contributed by atoms with Crippen LogP contribution in [0.25, 0.3) is 0 Å². The Kier molecular flexibility index (Phi) is 2.38. The van der Waals surface area contributed by atoms with Crippen LogP contribution in [0.2, 0.25) is 0 Å². The lowest BCUT2D eigenvalue weighted by molar-refractivity contribution is -0.132. The highest BCUT2D eigenvalue weighted by Gasteiger charge is 2.50. The lowest BCUT2D eigenvalue weighted by Crippen LogP contribution is -2.54. The van der Waals surface area contributed by atoms with Gasteiger partial charge in [0.2, 0.25) is 0 Å². The normalized spacial score (nSPS) is 34.9. The van der Waals surface area contributed by atoms with Crippen molar-refractivity contribution in [2.45, 2.75) is 51.0 Å². The summed E-state index contributed by atoms with van der Waals surface area (Å²) in [6.07, 6.45) is 3.64. The van der Waals surface area contributed by atoms with Gasteiger partial charge in [0, 0.05) is 12.0 Å². The van der Waals surface area contributed by atoms with E-state index in [1.165, 1.54) is 12.8 Å². The molecule has 0 bridgehead atoms. The van der Waals surface area contributed by atoms with Crippen molar-refractivity contribution in [1.82, 2.24) is 0 Å². The molecule has 2 atom stereocenters. The Morgan fingerprint density at radius 3 is 2.76 bits per heavy atom. The van der Waals surface area contributed by atoms with Gasteiger partial charge in [-0.2, -0.15) is 0 Å². The molecule has 17 heavy (non-hydrogen) atoms. The predicted octanol–water partition coefficient (Wildman–Crippen LogP) is 3.71. The van der Waals surface area contributed by atoms with Crippen LogP contribution in [-0.2, 0) is 16.6 Å². The molecular formula is C16H22O. The molecule has 1 fully saturated rings. The van der Waals surface area contributed by atoms with Crippen molar-refractivity contribution < 1.29 is 4.74 Å². The molecule has 3 rings (SSSR count). The van der Waals surface area contributed by atoms with Crippen molar-refractivity contribution >= 4 is 0 Å². The van der Waals surface area contributed by atoms with Crippen molar-refractivity contribution in [1.29, 1.82) is 0 Å². The lowest BCUT2D eigenvalue weighted by atomic mass is 9.57. The average molecular weight is 230 g/mol. The minimum Gasteiger partial charge on any atom is -0.375 e. The van der Waals surface area contributed by atoms with E-state index in [0.717, 1.165) is 13.0 Å². The van der Waals surface area contributed by atoms with Crippen molar-refractivity contribution in [3.8, 4) is 0 Å². The maximum Gasteiger partial charge on any atom is 0.0663 e. The Morgan fingerprint density at radius 2 is 1.94 bits per heavy atom. The summed E-state index contributed by atoms with van der Waals surface area (Å²) in [4.78, 5) is 0. The molecule has 92 valence electrons. The van der Waals surface area contributed by atoms with Gasteiger partial charge in [0.25, 0.3) is 0 Å². The summed E-state index contributed by atoms with van der Waals surface area (Å²) in [7, 11) is 0. The Balaban J connectivity index is 2.11. The molecule has 0 spiro atoms. The fourth-order valence-corrected chi connectivity index (χ4v) is 4.15. The largest absolute Gasteiger partial charge is 0.375 e. The number of aryl methyl sites for hydroxylation is 1. The van der Waals surface area contributed by atoms with E-state index in [9.17, 15) is 0 Å². The molecule has 1 heteroatoms. The van der Waals surface area contributed by atoms with Crippen LogP contribution in [0.1, 0.15) is 44.7 Å². The van der Waals surface area contributed by atoms with Crippen molar-refractivity contribution in [3.05, 3.63) is 35.4 Å². The fraction of sp³-hybridized carbons (Fsp3) is 0.625. The molecule has 0 unspecified atom stereocenters. The monoisotopic (exact) mass is 230 g/mol. The summed E-state index contributed by atoms with van der Waals surface area (Å²) in [6, 6.07) is 9.00. The van der Waals surface area contributed by atoms with Gasteiger partial charge in [0.1, 0.15) is 0 Å². The summed E-state index contributed by atoms with van der Waals surface area (Å²) >= 11 is 0. The highest BCUT2D eigenvalue weighted by Crippen LogP contribution is 2.51. The number of rotatable bonds is 0. The van der Waals surface area contributed by atoms with E-state index in [2.05, 4.69) is 45.0 Å². The minimum atomic E-state index is 0.0283. The zero-order valence-electron chi connectivity index (χ0n) is 11.1. The second-order valence-corrected chi connectivity index (χ2v) is 6.37. The van der Waals surface area contributed by atoms with E-state index >= 15 is 0 Å². The van der Waals surface area contributed by atoms with Gasteiger partial charge < -0.3 is 4.74 Å². The molecule has 1 aromatic carbocycles. The summed E-state index contributed by atoms with van der Waals surface area (Å²) in [5, 5.41) is 0. The Hall–Kier alpha value is -0.820. The molecule has 0 radical (unpaired) electrons. The van der Waals surface area contributed by atoms with Crippen LogP contribution in [0.5, 0.6) is 0 Å². The molecule has 1 saturated heterocycles. The molecule has 0 saturated carbocycles. The molecule has 1 aromatic rings. The minimum absolute atomic E-state index is 0.0283. The first-order valence-corrected chi connectivity index (χ1v) is 6.76. The molecule has 1 heterocycles. The highest BCUT2D eigenvalue weighted by molar-refractivity contribution is 5.38.